The van der Waals surface area contributed by atoms with Crippen molar-refractivity contribution >= 4 is 17.2 Å². The van der Waals surface area contributed by atoms with Crippen molar-refractivity contribution in [2.75, 3.05) is 13.1 Å². The van der Waals surface area contributed by atoms with Gasteiger partial charge in [-0.2, -0.15) is 0 Å². The highest BCUT2D eigenvalue weighted by molar-refractivity contribution is 6.38. The van der Waals surface area contributed by atoms with Gasteiger partial charge in [0.2, 0.25) is 0 Å². The first kappa shape index (κ1) is 15.1. The van der Waals surface area contributed by atoms with Gasteiger partial charge in [-0.3, -0.25) is 14.8 Å². The lowest BCUT2D eigenvalue weighted by molar-refractivity contribution is -0.111. The van der Waals surface area contributed by atoms with Gasteiger partial charge in [0.25, 0.3) is 0 Å². The molecule has 19 heavy (non-hydrogen) atoms. The van der Waals surface area contributed by atoms with E-state index in [1.54, 1.807) is 12.1 Å². The number of phenols is 1. The van der Waals surface area contributed by atoms with Crippen LogP contribution in [0.5, 0.6) is 5.75 Å². The van der Waals surface area contributed by atoms with E-state index in [-0.39, 0.29) is 11.5 Å². The third-order valence-corrected chi connectivity index (χ3v) is 2.79. The highest BCUT2D eigenvalue weighted by Crippen LogP contribution is 2.16. The minimum atomic E-state index is 0.0175. The Morgan fingerprint density at radius 1 is 1.16 bits per heavy atom. The molecule has 0 aromatic heterocycles. The van der Waals surface area contributed by atoms with Crippen molar-refractivity contribution in [3.8, 4) is 5.75 Å². The highest BCUT2D eigenvalue weighted by atomic mass is 16.3. The van der Waals surface area contributed by atoms with Crippen LogP contribution < -0.4 is 0 Å². The normalized spacial score (nSPS) is 12.6. The molecule has 0 aliphatic heterocycles. The quantitative estimate of drug-likeness (QED) is 0.631. The molecule has 1 aromatic carbocycles. The van der Waals surface area contributed by atoms with Crippen LogP contribution in [0.25, 0.3) is 0 Å². The second kappa shape index (κ2) is 7.46. The summed E-state index contributed by atoms with van der Waals surface area (Å²) in [6.07, 6.45) is 0.650. The van der Waals surface area contributed by atoms with Crippen molar-refractivity contribution in [1.29, 1.82) is 0 Å². The smallest absolute Gasteiger partial charge is 0.173 e. The lowest BCUT2D eigenvalue weighted by atomic mass is 10.1. The second-order valence-corrected chi connectivity index (χ2v) is 4.22. The van der Waals surface area contributed by atoms with Crippen LogP contribution in [0.4, 0.5) is 0 Å². The molecule has 1 aromatic rings. The lowest BCUT2D eigenvalue weighted by Crippen LogP contribution is -2.10. The number of carbonyl (C=O) groups is 1. The number of nitrogens with zero attached hydrogens (tertiary/aromatic N) is 2. The largest absolute Gasteiger partial charge is 0.507 e. The van der Waals surface area contributed by atoms with Gasteiger partial charge in [-0.05, 0) is 25.5 Å². The molecule has 0 fully saturated rings. The number of Topliss-reactive ketones (excluding diaryl/α,β-unsaturated/α-hetero) is 1. The van der Waals surface area contributed by atoms with Crippen LogP contribution >= 0.6 is 0 Å². The average molecular weight is 260 g/mol. The number of ketones is 1. The van der Waals surface area contributed by atoms with E-state index in [2.05, 4.69) is 9.98 Å². The summed E-state index contributed by atoms with van der Waals surface area (Å²) in [4.78, 5) is 19.8. The van der Waals surface area contributed by atoms with Gasteiger partial charge in [0.1, 0.15) is 5.75 Å². The van der Waals surface area contributed by atoms with Gasteiger partial charge in [-0.15, -0.1) is 0 Å². The predicted molar refractivity (Wildman–Crippen MR) is 78.5 cm³/mol. The van der Waals surface area contributed by atoms with Gasteiger partial charge >= 0.3 is 0 Å². The third-order valence-electron chi connectivity index (χ3n) is 2.79. The zero-order valence-electron chi connectivity index (χ0n) is 11.7. The maximum Gasteiger partial charge on any atom is 0.173 e. The molecule has 0 aliphatic rings. The summed E-state index contributed by atoms with van der Waals surface area (Å²) in [5.74, 6) is 0.245. The molecule has 0 unspecified atom stereocenters. The molecule has 0 saturated heterocycles. The van der Waals surface area contributed by atoms with Crippen LogP contribution in [-0.2, 0) is 4.79 Å². The molecule has 0 amide bonds. The SMILES string of the molecule is CCC(=NCCN=C(C)c1ccccc1O)C(C)=O. The van der Waals surface area contributed by atoms with Crippen LogP contribution in [0.2, 0.25) is 0 Å². The second-order valence-electron chi connectivity index (χ2n) is 4.22. The summed E-state index contributed by atoms with van der Waals surface area (Å²) in [6, 6.07) is 7.09. The topological polar surface area (TPSA) is 62.0 Å². The van der Waals surface area contributed by atoms with Gasteiger partial charge in [-0.25, -0.2) is 0 Å². The molecule has 0 heterocycles. The number of benzene rings is 1. The van der Waals surface area contributed by atoms with Crippen molar-refractivity contribution in [3.63, 3.8) is 0 Å². The van der Waals surface area contributed by atoms with Crippen molar-refractivity contribution in [2.24, 2.45) is 9.98 Å². The number of para-hydroxylation sites is 1. The number of phenolic OH excluding ortho intramolecular Hbond substituents is 1. The molecule has 0 aliphatic carbocycles. The molecule has 1 rings (SSSR count). The summed E-state index contributed by atoms with van der Waals surface area (Å²) in [5, 5.41) is 9.68. The Bertz CT molecular complexity index is 505. The zero-order chi connectivity index (χ0) is 14.3. The molecule has 0 bridgehead atoms. The fourth-order valence-electron chi connectivity index (χ4n) is 1.74. The van der Waals surface area contributed by atoms with E-state index >= 15 is 0 Å². The van der Waals surface area contributed by atoms with Crippen LogP contribution in [0, 0.1) is 0 Å². The Kier molecular flexibility index (Phi) is 5.93. The lowest BCUT2D eigenvalue weighted by Gasteiger charge is -2.03. The Balaban J connectivity index is 2.63. The number of rotatable bonds is 6. The number of hydrogen-bond donors (Lipinski definition) is 1. The van der Waals surface area contributed by atoms with Gasteiger partial charge in [-0.1, -0.05) is 19.1 Å². The van der Waals surface area contributed by atoms with Gasteiger partial charge < -0.3 is 5.11 Å². The molecule has 4 heteroatoms. The maximum atomic E-state index is 11.2. The summed E-state index contributed by atoms with van der Waals surface area (Å²) in [7, 11) is 0. The zero-order valence-corrected chi connectivity index (χ0v) is 11.7. The summed E-state index contributed by atoms with van der Waals surface area (Å²) in [6.45, 7) is 6.30. The predicted octanol–water partition coefficient (Wildman–Crippen LogP) is 2.64. The molecule has 0 spiro atoms. The number of aromatic hydroxyl groups is 1. The first-order valence-corrected chi connectivity index (χ1v) is 6.40. The van der Waals surface area contributed by atoms with Crippen LogP contribution in [0.3, 0.4) is 0 Å². The van der Waals surface area contributed by atoms with Gasteiger partial charge in [0.05, 0.1) is 18.8 Å². The monoisotopic (exact) mass is 260 g/mol. The Morgan fingerprint density at radius 3 is 2.37 bits per heavy atom. The van der Waals surface area contributed by atoms with Crippen molar-refractivity contribution in [2.45, 2.75) is 27.2 Å². The van der Waals surface area contributed by atoms with Crippen LogP contribution in [0.15, 0.2) is 34.3 Å². The van der Waals surface area contributed by atoms with E-state index in [0.717, 1.165) is 11.3 Å². The standard InChI is InChI=1S/C15H20N2O2/c1-4-14(12(3)18)17-10-9-16-11(2)13-7-5-6-8-15(13)19/h5-8,19H,4,9-10H2,1-3H3. The minimum absolute atomic E-state index is 0.0175. The van der Waals surface area contributed by atoms with Gasteiger partial charge in [0.15, 0.2) is 5.78 Å². The molecule has 4 nitrogen and oxygen atoms in total. The van der Waals surface area contributed by atoms with Gasteiger partial charge in [0, 0.05) is 18.2 Å². The summed E-state index contributed by atoms with van der Waals surface area (Å²) < 4.78 is 0. The van der Waals surface area contributed by atoms with E-state index in [9.17, 15) is 9.90 Å². The molecule has 0 atom stereocenters. The summed E-state index contributed by atoms with van der Waals surface area (Å²) >= 11 is 0. The fourth-order valence-corrected chi connectivity index (χ4v) is 1.74. The third kappa shape index (κ3) is 4.66. The highest BCUT2D eigenvalue weighted by Gasteiger charge is 2.03. The number of aliphatic imine (C=N–C) groups is 2. The van der Waals surface area contributed by atoms with Crippen LogP contribution in [0.1, 0.15) is 32.8 Å². The fraction of sp³-hybridized carbons (Fsp3) is 0.400. The van der Waals surface area contributed by atoms with Crippen molar-refractivity contribution in [3.05, 3.63) is 29.8 Å². The number of carbonyl (C=O) groups excluding carboxylic acids is 1. The molecule has 0 radical (unpaired) electrons. The van der Waals surface area contributed by atoms with E-state index in [0.29, 0.717) is 25.2 Å². The Morgan fingerprint density at radius 2 is 1.79 bits per heavy atom. The average Bonchev–Trinajstić information content (AvgIpc) is 2.38. The van der Waals surface area contributed by atoms with E-state index in [1.807, 2.05) is 26.0 Å². The first-order valence-electron chi connectivity index (χ1n) is 6.40. The van der Waals surface area contributed by atoms with Crippen molar-refractivity contribution < 1.29 is 9.90 Å². The number of hydrogen-bond acceptors (Lipinski definition) is 4. The Labute approximate surface area is 113 Å². The van der Waals surface area contributed by atoms with E-state index < -0.39 is 0 Å². The van der Waals surface area contributed by atoms with E-state index in [4.69, 9.17) is 0 Å². The minimum Gasteiger partial charge on any atom is -0.507 e. The molecular formula is C15H20N2O2. The Hall–Kier alpha value is -1.97. The molecule has 0 saturated carbocycles. The molecule has 1 N–H and O–H groups in total. The molecule has 102 valence electrons. The first-order chi connectivity index (χ1) is 9.06. The molecular weight excluding hydrogens is 240 g/mol. The van der Waals surface area contributed by atoms with Crippen molar-refractivity contribution in [1.82, 2.24) is 0 Å². The maximum absolute atomic E-state index is 11.2. The van der Waals surface area contributed by atoms with E-state index in [1.165, 1.54) is 6.92 Å². The van der Waals surface area contributed by atoms with Crippen LogP contribution in [-0.4, -0.2) is 35.4 Å². The summed E-state index contributed by atoms with van der Waals surface area (Å²) in [5.41, 5.74) is 2.11.